The van der Waals surface area contributed by atoms with Crippen molar-refractivity contribution >= 4 is 78.5 Å². The quantitative estimate of drug-likeness (QED) is 0.0478. The van der Waals surface area contributed by atoms with Gasteiger partial charge in [-0.15, -0.1) is 0 Å². The van der Waals surface area contributed by atoms with Crippen LogP contribution in [0.3, 0.4) is 0 Å². The largest absolute Gasteiger partial charge is 1.00 e. The van der Waals surface area contributed by atoms with Crippen molar-refractivity contribution in [2.75, 3.05) is 27.4 Å². The summed E-state index contributed by atoms with van der Waals surface area (Å²) in [7, 11) is -10.3. The van der Waals surface area contributed by atoms with Gasteiger partial charge in [0, 0.05) is 45.1 Å². The molecule has 0 aromatic heterocycles. The van der Waals surface area contributed by atoms with E-state index in [0.29, 0.717) is 28.3 Å². The van der Waals surface area contributed by atoms with Gasteiger partial charge in [-0.05, 0) is 108 Å². The fraction of sp³-hybridized carbons (Fsp3) is 0. The average Bonchev–Trinajstić information content (AvgIpc) is 3.08. The minimum atomic E-state index is -5.13. The Morgan fingerprint density at radius 1 is 0.472 bits per heavy atom. The molecule has 0 aliphatic carbocycles. The van der Waals surface area contributed by atoms with Crippen molar-refractivity contribution in [1.29, 1.82) is 0 Å². The van der Waals surface area contributed by atoms with Gasteiger partial charge in [-0.25, -0.2) is 16.8 Å². The molecule has 0 radical (unpaired) electrons. The first kappa shape index (κ1) is 43.1. The molecule has 5 rings (SSSR count). The monoisotopic (exact) mass is 771 g/mol. The van der Waals surface area contributed by atoms with E-state index in [9.17, 15) is 40.3 Å². The number of amides is 3. The molecule has 14 nitrogen and oxygen atoms in total. The Morgan fingerprint density at radius 2 is 0.792 bits per heavy atom. The third-order valence-corrected chi connectivity index (χ3v) is 9.06. The number of rotatable bonds is 10. The fourth-order valence-corrected chi connectivity index (χ4v) is 6.08. The van der Waals surface area contributed by atoms with E-state index in [-0.39, 0.29) is 87.1 Å². The minimum absolute atomic E-state index is 0. The van der Waals surface area contributed by atoms with Crippen LogP contribution >= 0.6 is 0 Å². The molecule has 0 aliphatic rings. The zero-order valence-corrected chi connectivity index (χ0v) is 33.8. The molecule has 0 unspecified atom stereocenters. The van der Waals surface area contributed by atoms with E-state index in [2.05, 4.69) is 16.0 Å². The Kier molecular flexibility index (Phi) is 14.7. The summed E-state index contributed by atoms with van der Waals surface area (Å²) in [6.45, 7) is 0. The first-order valence-corrected chi connectivity index (χ1v) is 17.5. The second-order valence-electron chi connectivity index (χ2n) is 10.9. The number of hydrogen-bond acceptors (Lipinski definition) is 11. The molecule has 0 aliphatic heterocycles. The minimum Gasteiger partial charge on any atom is -0.744 e. The standard InChI is InChI=1S/C35H29N5O9S2.2Na/c36-26-10-5-23(6-11-26)33(41)38-28-14-8-24(9-15-28)34(42)40-30-16-7-22(32(20-30)51(47,48)49)2-1-21-3-4-25(19-31(21)50(44,45)46)35(43)39-29-17-12-27(37)13-18-29;;/h1-20H,36-37H2,(H,38,41)(H,39,43)(H,40,42)(H,44,45,46)(H,47,48,49);;/q;2*+1/p-2/b2-1+;;. The van der Waals surface area contributed by atoms with E-state index in [0.717, 1.165) is 24.3 Å². The second-order valence-corrected chi connectivity index (χ2v) is 13.6. The number of anilines is 5. The number of nitrogens with one attached hydrogen (secondary N) is 3. The van der Waals surface area contributed by atoms with Gasteiger partial charge in [0.2, 0.25) is 0 Å². The molecule has 0 bridgehead atoms. The van der Waals surface area contributed by atoms with Gasteiger partial charge in [0.1, 0.15) is 20.2 Å². The predicted molar refractivity (Wildman–Crippen MR) is 190 cm³/mol. The van der Waals surface area contributed by atoms with Gasteiger partial charge in [0.15, 0.2) is 0 Å². The van der Waals surface area contributed by atoms with Crippen molar-refractivity contribution in [2.45, 2.75) is 9.79 Å². The van der Waals surface area contributed by atoms with E-state index in [1.165, 1.54) is 60.7 Å². The maximum atomic E-state index is 12.9. The maximum absolute atomic E-state index is 12.9. The molecular weight excluding hydrogens is 745 g/mol. The summed E-state index contributed by atoms with van der Waals surface area (Å²) in [4.78, 5) is 36.6. The van der Waals surface area contributed by atoms with Gasteiger partial charge in [-0.1, -0.05) is 24.3 Å². The maximum Gasteiger partial charge on any atom is 1.00 e. The second kappa shape index (κ2) is 18.1. The SMILES string of the molecule is Nc1ccc(NC(=O)c2ccc(/C=C/c3ccc(NC(=O)c4ccc(NC(=O)c5ccc(N)cc5)cc4)cc3S(=O)(=O)[O-])c(S(=O)(=O)[O-])c2)cc1.[Na+].[Na+]. The summed E-state index contributed by atoms with van der Waals surface area (Å²) in [6, 6.07) is 25.0. The molecule has 5 aromatic rings. The number of nitrogen functional groups attached to an aromatic ring is 2. The molecule has 0 heterocycles. The average molecular weight is 772 g/mol. The predicted octanol–water partition coefficient (Wildman–Crippen LogP) is -1.41. The van der Waals surface area contributed by atoms with E-state index in [4.69, 9.17) is 11.5 Å². The van der Waals surface area contributed by atoms with Gasteiger partial charge >= 0.3 is 59.1 Å². The number of carbonyl (C=O) groups is 3. The van der Waals surface area contributed by atoms with Crippen LogP contribution in [0.5, 0.6) is 0 Å². The molecule has 3 amide bonds. The van der Waals surface area contributed by atoms with E-state index < -0.39 is 47.7 Å². The van der Waals surface area contributed by atoms with Crippen molar-refractivity contribution in [3.8, 4) is 0 Å². The van der Waals surface area contributed by atoms with Crippen molar-refractivity contribution in [3.63, 3.8) is 0 Å². The van der Waals surface area contributed by atoms with Crippen molar-refractivity contribution in [3.05, 3.63) is 137 Å². The summed E-state index contributed by atoms with van der Waals surface area (Å²) in [5, 5.41) is 7.74. The van der Waals surface area contributed by atoms with Crippen LogP contribution in [0.2, 0.25) is 0 Å². The summed E-state index contributed by atoms with van der Waals surface area (Å²) >= 11 is 0. The van der Waals surface area contributed by atoms with Crippen LogP contribution in [-0.4, -0.2) is 43.7 Å². The smallest absolute Gasteiger partial charge is 0.744 e. The molecule has 0 spiro atoms. The van der Waals surface area contributed by atoms with E-state index in [1.807, 2.05) is 0 Å². The molecule has 53 heavy (non-hydrogen) atoms. The summed E-state index contributed by atoms with van der Waals surface area (Å²) < 4.78 is 72.9. The molecule has 0 saturated carbocycles. The molecule has 260 valence electrons. The molecule has 0 fully saturated rings. The zero-order valence-electron chi connectivity index (χ0n) is 28.2. The summed E-state index contributed by atoms with van der Waals surface area (Å²) in [5.41, 5.74) is 13.0. The zero-order chi connectivity index (χ0) is 36.9. The Balaban J connectivity index is 0.00000378. The topological polar surface area (TPSA) is 254 Å². The van der Waals surface area contributed by atoms with Crippen molar-refractivity contribution < 1.29 is 99.4 Å². The number of hydrogen-bond donors (Lipinski definition) is 5. The van der Waals surface area contributed by atoms with Gasteiger partial charge in [0.25, 0.3) is 17.7 Å². The van der Waals surface area contributed by atoms with E-state index >= 15 is 0 Å². The van der Waals surface area contributed by atoms with Crippen LogP contribution < -0.4 is 86.5 Å². The van der Waals surface area contributed by atoms with Gasteiger partial charge in [-0.3, -0.25) is 14.4 Å². The number of nitrogens with two attached hydrogens (primary N) is 2. The first-order valence-electron chi connectivity index (χ1n) is 14.7. The summed E-state index contributed by atoms with van der Waals surface area (Å²) in [6.07, 6.45) is 2.20. The molecule has 0 atom stereocenters. The third kappa shape index (κ3) is 11.6. The van der Waals surface area contributed by atoms with Crippen LogP contribution in [0.4, 0.5) is 28.4 Å². The number of carbonyl (C=O) groups excluding carboxylic acids is 3. The molecule has 0 saturated heterocycles. The van der Waals surface area contributed by atoms with Gasteiger partial charge < -0.3 is 36.5 Å². The Morgan fingerprint density at radius 3 is 1.26 bits per heavy atom. The van der Waals surface area contributed by atoms with Crippen LogP contribution in [0.25, 0.3) is 12.2 Å². The Hall–Kier alpha value is -4.33. The first-order chi connectivity index (χ1) is 24.1. The molecule has 5 aromatic carbocycles. The molecular formula is C35H27N5Na2O9S2. The Bertz CT molecular complexity index is 2410. The van der Waals surface area contributed by atoms with Crippen molar-refractivity contribution in [1.82, 2.24) is 0 Å². The normalized spacial score (nSPS) is 11.1. The van der Waals surface area contributed by atoms with Crippen molar-refractivity contribution in [2.24, 2.45) is 0 Å². The Labute approximate surface area is 349 Å². The van der Waals surface area contributed by atoms with Crippen LogP contribution in [0.15, 0.2) is 119 Å². The fourth-order valence-electron chi connectivity index (χ4n) is 4.69. The number of benzene rings is 5. The molecule has 7 N–H and O–H groups in total. The summed E-state index contributed by atoms with van der Waals surface area (Å²) in [5.74, 6) is -1.77. The van der Waals surface area contributed by atoms with Gasteiger partial charge in [-0.2, -0.15) is 0 Å². The van der Waals surface area contributed by atoms with Crippen LogP contribution in [0.1, 0.15) is 42.2 Å². The molecule has 18 heteroatoms. The van der Waals surface area contributed by atoms with E-state index in [1.54, 1.807) is 36.4 Å². The third-order valence-electron chi connectivity index (χ3n) is 7.27. The van der Waals surface area contributed by atoms with Crippen LogP contribution in [0, 0.1) is 0 Å². The van der Waals surface area contributed by atoms with Crippen LogP contribution in [-0.2, 0) is 20.2 Å². The van der Waals surface area contributed by atoms with Gasteiger partial charge in [0.05, 0.1) is 9.79 Å².